The summed E-state index contributed by atoms with van der Waals surface area (Å²) in [5.41, 5.74) is 4.49. The quantitative estimate of drug-likeness (QED) is 0.588. The molecule has 132 valence electrons. The molecule has 0 aliphatic heterocycles. The molecular weight excluding hydrogens is 316 g/mol. The van der Waals surface area contributed by atoms with Crippen molar-refractivity contribution in [2.75, 3.05) is 13.7 Å². The Kier molecular flexibility index (Phi) is 7.01. The van der Waals surface area contributed by atoms with Gasteiger partial charge >= 0.3 is 0 Å². The first-order valence-electron chi connectivity index (χ1n) is 8.31. The molecular formula is C20H24N2O3. The highest BCUT2D eigenvalue weighted by atomic mass is 16.5. The van der Waals surface area contributed by atoms with E-state index in [2.05, 4.69) is 24.4 Å². The van der Waals surface area contributed by atoms with Crippen molar-refractivity contribution in [2.24, 2.45) is 5.10 Å². The van der Waals surface area contributed by atoms with Crippen LogP contribution in [0.2, 0.25) is 0 Å². The number of rotatable bonds is 8. The number of carbonyl (C=O) groups is 1. The maximum Gasteiger partial charge on any atom is 0.277 e. The average Bonchev–Trinajstić information content (AvgIpc) is 2.66. The highest BCUT2D eigenvalue weighted by molar-refractivity contribution is 5.85. The van der Waals surface area contributed by atoms with Gasteiger partial charge in [-0.15, -0.1) is 0 Å². The van der Waals surface area contributed by atoms with Gasteiger partial charge in [0, 0.05) is 5.56 Å². The summed E-state index contributed by atoms with van der Waals surface area (Å²) in [5, 5.41) is 3.93. The average molecular weight is 340 g/mol. The molecule has 0 radical (unpaired) electrons. The van der Waals surface area contributed by atoms with Crippen LogP contribution in [0.15, 0.2) is 53.6 Å². The molecule has 2 rings (SSSR count). The van der Waals surface area contributed by atoms with Crippen LogP contribution in [-0.2, 0) is 4.79 Å². The summed E-state index contributed by atoms with van der Waals surface area (Å²) in [5.74, 6) is 1.55. The fraction of sp³-hybridized carbons (Fsp3) is 0.300. The molecule has 1 amide bonds. The van der Waals surface area contributed by atoms with E-state index in [1.807, 2.05) is 48.5 Å². The molecule has 0 aliphatic rings. The summed E-state index contributed by atoms with van der Waals surface area (Å²) < 4.78 is 10.7. The molecule has 0 bridgehead atoms. The summed E-state index contributed by atoms with van der Waals surface area (Å²) in [7, 11) is 1.59. The minimum Gasteiger partial charge on any atom is -0.496 e. The van der Waals surface area contributed by atoms with Crippen LogP contribution in [0.4, 0.5) is 0 Å². The SMILES string of the molecule is CC[C@H](C)c1ccc(OCC(=O)N/N=C\c2ccccc2OC)cc1. The van der Waals surface area contributed by atoms with Gasteiger partial charge in [0.1, 0.15) is 11.5 Å². The Hall–Kier alpha value is -2.82. The molecule has 5 heteroatoms. The molecule has 25 heavy (non-hydrogen) atoms. The lowest BCUT2D eigenvalue weighted by molar-refractivity contribution is -0.123. The largest absolute Gasteiger partial charge is 0.496 e. The zero-order valence-corrected chi connectivity index (χ0v) is 14.9. The Morgan fingerprint density at radius 1 is 1.20 bits per heavy atom. The van der Waals surface area contributed by atoms with Gasteiger partial charge in [-0.05, 0) is 42.2 Å². The maximum atomic E-state index is 11.8. The molecule has 0 fully saturated rings. The molecule has 0 unspecified atom stereocenters. The van der Waals surface area contributed by atoms with E-state index in [0.29, 0.717) is 17.4 Å². The smallest absolute Gasteiger partial charge is 0.277 e. The number of ether oxygens (including phenoxy) is 2. The molecule has 0 heterocycles. The van der Waals surface area contributed by atoms with E-state index in [-0.39, 0.29) is 12.5 Å². The fourth-order valence-electron chi connectivity index (χ4n) is 2.26. The molecule has 2 aromatic carbocycles. The second-order valence-electron chi connectivity index (χ2n) is 5.70. The van der Waals surface area contributed by atoms with Crippen LogP contribution in [0.3, 0.4) is 0 Å². The number of nitrogens with zero attached hydrogens (tertiary/aromatic N) is 1. The number of hydrogen-bond acceptors (Lipinski definition) is 4. The standard InChI is InChI=1S/C20H24N2O3/c1-4-15(2)16-9-11-18(12-10-16)25-14-20(23)22-21-13-17-7-5-6-8-19(17)24-3/h5-13,15H,4,14H2,1-3H3,(H,22,23)/b21-13-/t15-/m0/s1. The lowest BCUT2D eigenvalue weighted by Gasteiger charge is -2.10. The van der Waals surface area contributed by atoms with E-state index in [4.69, 9.17) is 9.47 Å². The zero-order valence-electron chi connectivity index (χ0n) is 14.9. The Bertz CT molecular complexity index is 711. The third-order valence-corrected chi connectivity index (χ3v) is 3.96. The lowest BCUT2D eigenvalue weighted by Crippen LogP contribution is -2.24. The van der Waals surface area contributed by atoms with Crippen LogP contribution in [0.5, 0.6) is 11.5 Å². The monoisotopic (exact) mass is 340 g/mol. The van der Waals surface area contributed by atoms with Crippen molar-refractivity contribution in [2.45, 2.75) is 26.2 Å². The van der Waals surface area contributed by atoms with Crippen molar-refractivity contribution in [3.8, 4) is 11.5 Å². The number of benzene rings is 2. The van der Waals surface area contributed by atoms with Crippen molar-refractivity contribution in [3.63, 3.8) is 0 Å². The molecule has 0 aromatic heterocycles. The van der Waals surface area contributed by atoms with Gasteiger partial charge in [-0.2, -0.15) is 5.10 Å². The first kappa shape index (κ1) is 18.5. The van der Waals surface area contributed by atoms with E-state index in [9.17, 15) is 4.79 Å². The van der Waals surface area contributed by atoms with Crippen LogP contribution in [0.1, 0.15) is 37.3 Å². The summed E-state index contributed by atoms with van der Waals surface area (Å²) in [6.07, 6.45) is 2.63. The predicted octanol–water partition coefficient (Wildman–Crippen LogP) is 3.74. The topological polar surface area (TPSA) is 59.9 Å². The Morgan fingerprint density at radius 2 is 1.92 bits per heavy atom. The molecule has 0 aliphatic carbocycles. The third kappa shape index (κ3) is 5.64. The Morgan fingerprint density at radius 3 is 2.60 bits per heavy atom. The van der Waals surface area contributed by atoms with Gasteiger partial charge in [-0.1, -0.05) is 38.1 Å². The highest BCUT2D eigenvalue weighted by Gasteiger charge is 2.05. The van der Waals surface area contributed by atoms with Crippen molar-refractivity contribution in [1.29, 1.82) is 0 Å². The second kappa shape index (κ2) is 9.47. The van der Waals surface area contributed by atoms with Crippen molar-refractivity contribution < 1.29 is 14.3 Å². The van der Waals surface area contributed by atoms with E-state index in [1.165, 1.54) is 11.8 Å². The number of hydrazone groups is 1. The number of methoxy groups -OCH3 is 1. The Labute approximate surface area is 148 Å². The van der Waals surface area contributed by atoms with Crippen molar-refractivity contribution >= 4 is 12.1 Å². The van der Waals surface area contributed by atoms with Crippen molar-refractivity contribution in [3.05, 3.63) is 59.7 Å². The first-order chi connectivity index (χ1) is 12.1. The Balaban J connectivity index is 1.81. The molecule has 0 spiro atoms. The minimum absolute atomic E-state index is 0.0913. The van der Waals surface area contributed by atoms with E-state index >= 15 is 0 Å². The van der Waals surface area contributed by atoms with Gasteiger partial charge in [0.25, 0.3) is 5.91 Å². The normalized spacial score (nSPS) is 12.0. The zero-order chi connectivity index (χ0) is 18.1. The van der Waals surface area contributed by atoms with E-state index < -0.39 is 0 Å². The summed E-state index contributed by atoms with van der Waals surface area (Å²) in [6, 6.07) is 15.2. The van der Waals surface area contributed by atoms with E-state index in [0.717, 1.165) is 12.0 Å². The van der Waals surface area contributed by atoms with Gasteiger partial charge in [0.2, 0.25) is 0 Å². The summed E-state index contributed by atoms with van der Waals surface area (Å²) >= 11 is 0. The number of carbonyl (C=O) groups excluding carboxylic acids is 1. The number of amides is 1. The van der Waals surface area contributed by atoms with Crippen LogP contribution >= 0.6 is 0 Å². The first-order valence-corrected chi connectivity index (χ1v) is 8.31. The second-order valence-corrected chi connectivity index (χ2v) is 5.70. The molecule has 0 saturated carbocycles. The van der Waals surface area contributed by atoms with Gasteiger partial charge in [0.15, 0.2) is 6.61 Å². The number of hydrogen-bond donors (Lipinski definition) is 1. The molecule has 1 atom stereocenters. The fourth-order valence-corrected chi connectivity index (χ4v) is 2.26. The minimum atomic E-state index is -0.322. The number of nitrogens with one attached hydrogen (secondary N) is 1. The van der Waals surface area contributed by atoms with Crippen LogP contribution in [-0.4, -0.2) is 25.8 Å². The summed E-state index contributed by atoms with van der Waals surface area (Å²) in [4.78, 5) is 11.8. The van der Waals surface area contributed by atoms with Gasteiger partial charge in [-0.3, -0.25) is 4.79 Å². The van der Waals surface area contributed by atoms with Crippen LogP contribution in [0, 0.1) is 0 Å². The van der Waals surface area contributed by atoms with Crippen LogP contribution < -0.4 is 14.9 Å². The van der Waals surface area contributed by atoms with E-state index in [1.54, 1.807) is 7.11 Å². The maximum absolute atomic E-state index is 11.8. The van der Waals surface area contributed by atoms with Crippen LogP contribution in [0.25, 0.3) is 0 Å². The third-order valence-electron chi connectivity index (χ3n) is 3.96. The summed E-state index contributed by atoms with van der Waals surface area (Å²) in [6.45, 7) is 4.25. The molecule has 0 saturated heterocycles. The van der Waals surface area contributed by atoms with Gasteiger partial charge < -0.3 is 9.47 Å². The van der Waals surface area contributed by atoms with Crippen molar-refractivity contribution in [1.82, 2.24) is 5.43 Å². The predicted molar refractivity (Wildman–Crippen MR) is 99.4 cm³/mol. The van der Waals surface area contributed by atoms with Gasteiger partial charge in [0.05, 0.1) is 13.3 Å². The number of para-hydroxylation sites is 1. The highest BCUT2D eigenvalue weighted by Crippen LogP contribution is 2.21. The molecule has 5 nitrogen and oxygen atoms in total. The molecule has 2 aromatic rings. The van der Waals surface area contributed by atoms with Gasteiger partial charge in [-0.25, -0.2) is 5.43 Å². The lowest BCUT2D eigenvalue weighted by atomic mass is 9.99. The molecule has 1 N–H and O–H groups in total.